The Morgan fingerprint density at radius 1 is 1.44 bits per heavy atom. The molecule has 0 amide bonds. The molecule has 0 unspecified atom stereocenters. The Hall–Kier alpha value is -1.95. The highest BCUT2D eigenvalue weighted by atomic mass is 32.2. The Labute approximate surface area is 106 Å². The monoisotopic (exact) mass is 263 g/mol. The molecule has 1 aromatic heterocycles. The van der Waals surface area contributed by atoms with Crippen LogP contribution in [-0.4, -0.2) is 33.0 Å². The molecule has 1 aliphatic heterocycles. The Balaban J connectivity index is 2.00. The summed E-state index contributed by atoms with van der Waals surface area (Å²) in [5, 5.41) is 19.7. The smallest absolute Gasteiger partial charge is 0.329 e. The Kier molecular flexibility index (Phi) is 2.52. The van der Waals surface area contributed by atoms with E-state index in [0.29, 0.717) is 22.1 Å². The number of hydrogen-bond acceptors (Lipinski definition) is 5. The summed E-state index contributed by atoms with van der Waals surface area (Å²) in [6.07, 6.45) is 0. The highest BCUT2D eigenvalue weighted by molar-refractivity contribution is 8.14. The van der Waals surface area contributed by atoms with Crippen LogP contribution in [-0.2, 0) is 4.79 Å². The van der Waals surface area contributed by atoms with Gasteiger partial charge in [-0.3, -0.25) is 4.99 Å². The summed E-state index contributed by atoms with van der Waals surface area (Å²) in [5.41, 5.74) is 0.562. The first-order valence-electron chi connectivity index (χ1n) is 5.30. The summed E-state index contributed by atoms with van der Waals surface area (Å²) in [4.78, 5) is 14.9. The largest absolute Gasteiger partial charge is 0.508 e. The number of furan rings is 1. The van der Waals surface area contributed by atoms with E-state index in [-0.39, 0.29) is 5.75 Å². The van der Waals surface area contributed by atoms with Gasteiger partial charge in [0.05, 0.1) is 0 Å². The van der Waals surface area contributed by atoms with Gasteiger partial charge in [0.2, 0.25) is 0 Å². The predicted molar refractivity (Wildman–Crippen MR) is 68.3 cm³/mol. The number of nitrogens with zero attached hydrogens (tertiary/aromatic N) is 1. The molecule has 0 aliphatic carbocycles. The molecule has 2 N–H and O–H groups in total. The van der Waals surface area contributed by atoms with E-state index in [4.69, 9.17) is 9.52 Å². The van der Waals surface area contributed by atoms with Crippen LogP contribution in [0.15, 0.2) is 33.7 Å². The number of thioether (sulfide) groups is 1. The molecule has 18 heavy (non-hydrogen) atoms. The van der Waals surface area contributed by atoms with Crippen LogP contribution in [0.5, 0.6) is 5.75 Å². The van der Waals surface area contributed by atoms with Crippen molar-refractivity contribution >= 4 is 33.7 Å². The lowest BCUT2D eigenvalue weighted by Crippen LogP contribution is -2.17. The molecule has 0 fully saturated rings. The molecule has 6 heteroatoms. The molecule has 0 spiro atoms. The number of rotatable bonds is 2. The van der Waals surface area contributed by atoms with Crippen molar-refractivity contribution in [2.75, 3.05) is 5.75 Å². The van der Waals surface area contributed by atoms with Crippen molar-refractivity contribution in [2.24, 2.45) is 4.99 Å². The van der Waals surface area contributed by atoms with Gasteiger partial charge in [0.15, 0.2) is 11.8 Å². The molecule has 1 aliphatic rings. The third-order valence-electron chi connectivity index (χ3n) is 2.65. The quantitative estimate of drug-likeness (QED) is 0.866. The van der Waals surface area contributed by atoms with Crippen molar-refractivity contribution in [2.45, 2.75) is 6.04 Å². The second-order valence-corrected chi connectivity index (χ2v) is 4.94. The fourth-order valence-corrected chi connectivity index (χ4v) is 2.74. The number of aromatic hydroxyl groups is 1. The standard InChI is InChI=1S/C12H9NO4S/c14-7-2-1-6-3-10(17-9(6)4-7)11-13-8(5-18-11)12(15)16/h1-4,8,14H,5H2,(H,15,16)/t8-/m0/s1. The van der Waals surface area contributed by atoms with Crippen LogP contribution in [0.25, 0.3) is 11.0 Å². The number of carboxylic acid groups (broad SMARTS) is 1. The van der Waals surface area contributed by atoms with Gasteiger partial charge < -0.3 is 14.6 Å². The number of phenolic OH excluding ortho intramolecular Hbond substituents is 1. The van der Waals surface area contributed by atoms with Crippen molar-refractivity contribution in [3.63, 3.8) is 0 Å². The molecule has 1 aromatic carbocycles. The van der Waals surface area contributed by atoms with Crippen molar-refractivity contribution in [3.8, 4) is 5.75 Å². The lowest BCUT2D eigenvalue weighted by Gasteiger charge is -1.93. The number of carbonyl (C=O) groups is 1. The number of fused-ring (bicyclic) bond motifs is 1. The molecule has 3 rings (SSSR count). The van der Waals surface area contributed by atoms with E-state index in [1.807, 2.05) is 0 Å². The van der Waals surface area contributed by atoms with Gasteiger partial charge in [-0.05, 0) is 18.2 Å². The molecule has 0 radical (unpaired) electrons. The number of carboxylic acids is 1. The third-order valence-corrected chi connectivity index (χ3v) is 3.71. The Morgan fingerprint density at radius 2 is 2.28 bits per heavy atom. The average Bonchev–Trinajstić information content (AvgIpc) is 2.93. The van der Waals surface area contributed by atoms with E-state index in [2.05, 4.69) is 4.99 Å². The molecule has 0 saturated heterocycles. The number of benzene rings is 1. The van der Waals surface area contributed by atoms with Crippen molar-refractivity contribution in [1.82, 2.24) is 0 Å². The van der Waals surface area contributed by atoms with Crippen LogP contribution >= 0.6 is 11.8 Å². The first kappa shape index (κ1) is 11.2. The van der Waals surface area contributed by atoms with E-state index in [1.54, 1.807) is 18.2 Å². The molecular formula is C12H9NO4S. The molecular weight excluding hydrogens is 254 g/mol. The van der Waals surface area contributed by atoms with Crippen LogP contribution in [0.3, 0.4) is 0 Å². The van der Waals surface area contributed by atoms with Crippen LogP contribution < -0.4 is 0 Å². The summed E-state index contributed by atoms with van der Waals surface area (Å²) < 4.78 is 5.56. The van der Waals surface area contributed by atoms with E-state index < -0.39 is 12.0 Å². The molecule has 1 atom stereocenters. The third kappa shape index (κ3) is 1.84. The van der Waals surface area contributed by atoms with E-state index in [9.17, 15) is 9.90 Å². The first-order chi connectivity index (χ1) is 8.63. The van der Waals surface area contributed by atoms with E-state index in [0.717, 1.165) is 5.39 Å². The van der Waals surface area contributed by atoms with Gasteiger partial charge in [-0.15, -0.1) is 11.8 Å². The second kappa shape index (κ2) is 4.06. The lowest BCUT2D eigenvalue weighted by molar-refractivity contribution is -0.137. The van der Waals surface area contributed by atoms with Gasteiger partial charge in [0.25, 0.3) is 0 Å². The van der Waals surface area contributed by atoms with Crippen LogP contribution in [0.2, 0.25) is 0 Å². The number of phenols is 1. The minimum atomic E-state index is -0.925. The zero-order valence-electron chi connectivity index (χ0n) is 9.16. The van der Waals surface area contributed by atoms with E-state index in [1.165, 1.54) is 17.8 Å². The zero-order chi connectivity index (χ0) is 12.7. The number of aliphatic imine (C=N–C) groups is 1. The second-order valence-electron chi connectivity index (χ2n) is 3.93. The van der Waals surface area contributed by atoms with Crippen molar-refractivity contribution in [1.29, 1.82) is 0 Å². The minimum absolute atomic E-state index is 0.132. The highest BCUT2D eigenvalue weighted by Crippen LogP contribution is 2.29. The first-order valence-corrected chi connectivity index (χ1v) is 6.28. The van der Waals surface area contributed by atoms with Gasteiger partial charge in [0, 0.05) is 17.2 Å². The summed E-state index contributed by atoms with van der Waals surface area (Å²) >= 11 is 1.36. The van der Waals surface area contributed by atoms with Crippen LogP contribution in [0.1, 0.15) is 5.76 Å². The Bertz CT molecular complexity index is 661. The van der Waals surface area contributed by atoms with Gasteiger partial charge in [-0.1, -0.05) is 0 Å². The number of hydrogen-bond donors (Lipinski definition) is 2. The highest BCUT2D eigenvalue weighted by Gasteiger charge is 2.26. The normalized spacial score (nSPS) is 19.1. The maximum Gasteiger partial charge on any atom is 0.329 e. The van der Waals surface area contributed by atoms with Crippen molar-refractivity contribution in [3.05, 3.63) is 30.0 Å². The Morgan fingerprint density at radius 3 is 3.00 bits per heavy atom. The summed E-state index contributed by atoms with van der Waals surface area (Å²) in [5.74, 6) is 0.177. The fraction of sp³-hybridized carbons (Fsp3) is 0.167. The van der Waals surface area contributed by atoms with Crippen LogP contribution in [0.4, 0.5) is 0 Å². The molecule has 2 heterocycles. The fourth-order valence-electron chi connectivity index (χ4n) is 1.76. The lowest BCUT2D eigenvalue weighted by atomic mass is 10.2. The SMILES string of the molecule is O=C(O)[C@@H]1CSC(c2cc3ccc(O)cc3o2)=N1. The molecule has 2 aromatic rings. The maximum atomic E-state index is 10.8. The number of aliphatic carboxylic acids is 1. The zero-order valence-corrected chi connectivity index (χ0v) is 9.98. The molecule has 0 bridgehead atoms. The summed E-state index contributed by atoms with van der Waals surface area (Å²) in [7, 11) is 0. The van der Waals surface area contributed by atoms with Gasteiger partial charge >= 0.3 is 5.97 Å². The van der Waals surface area contributed by atoms with Gasteiger partial charge in [-0.25, -0.2) is 4.79 Å². The minimum Gasteiger partial charge on any atom is -0.508 e. The average molecular weight is 263 g/mol. The molecule has 5 nitrogen and oxygen atoms in total. The topological polar surface area (TPSA) is 83.0 Å². The summed E-state index contributed by atoms with van der Waals surface area (Å²) in [6, 6.07) is 5.93. The predicted octanol–water partition coefficient (Wildman–Crippen LogP) is 2.08. The van der Waals surface area contributed by atoms with Gasteiger partial charge in [-0.2, -0.15) is 0 Å². The molecule has 0 saturated carbocycles. The van der Waals surface area contributed by atoms with E-state index >= 15 is 0 Å². The van der Waals surface area contributed by atoms with Crippen molar-refractivity contribution < 1.29 is 19.4 Å². The summed E-state index contributed by atoms with van der Waals surface area (Å²) in [6.45, 7) is 0. The van der Waals surface area contributed by atoms with Crippen LogP contribution in [0, 0.1) is 0 Å². The maximum absolute atomic E-state index is 10.8. The molecule has 92 valence electrons. The van der Waals surface area contributed by atoms with Gasteiger partial charge in [0.1, 0.15) is 16.4 Å².